The first kappa shape index (κ1) is 16.1. The van der Waals surface area contributed by atoms with Gasteiger partial charge in [-0.1, -0.05) is 0 Å². The average Bonchev–Trinajstić information content (AvgIpc) is 2.55. The van der Waals surface area contributed by atoms with Crippen molar-refractivity contribution in [3.63, 3.8) is 0 Å². The number of hydrogen-bond acceptors (Lipinski definition) is 6. The molecule has 6 nitrogen and oxygen atoms in total. The highest BCUT2D eigenvalue weighted by Crippen LogP contribution is 2.39. The summed E-state index contributed by atoms with van der Waals surface area (Å²) in [6, 6.07) is 5.20. The molecule has 1 aromatic rings. The molecule has 1 fully saturated rings. The third kappa shape index (κ3) is 2.89. The average molecular weight is 349 g/mol. The molecule has 0 spiro atoms. The minimum Gasteiger partial charge on any atom is -0.543 e. The summed E-state index contributed by atoms with van der Waals surface area (Å²) in [4.78, 5) is 24.5. The van der Waals surface area contributed by atoms with Crippen molar-refractivity contribution >= 4 is 35.4 Å². The maximum atomic E-state index is 11.8. The van der Waals surface area contributed by atoms with Crippen molar-refractivity contribution in [1.29, 1.82) is 0 Å². The molecule has 3 rings (SSSR count). The summed E-state index contributed by atoms with van der Waals surface area (Å²) in [7, 11) is 1.93. The first-order valence-electron chi connectivity index (χ1n) is 6.93. The number of carboxylic acid groups (broad SMARTS) is 1. The number of carboxylic acids is 1. The number of β-lactam (4-membered cyclic amide) rings is 1. The molecule has 1 aromatic heterocycles. The van der Waals surface area contributed by atoms with Gasteiger partial charge in [0.2, 0.25) is 10.9 Å². The van der Waals surface area contributed by atoms with Gasteiger partial charge in [-0.05, 0) is 34.9 Å². The third-order valence-electron chi connectivity index (χ3n) is 3.70. The highest BCUT2D eigenvalue weighted by atomic mass is 32.2. The standard InChI is InChI=1S/C15H15N3O3S2/c1-17-6-3-2-4-10(17)22-7-5-9-8-23-14-11(16)13(19)18(14)12(9)15(20)21/h2-7,11,14H,8,16H2,1H3/t11?,14-/m1/s1. The highest BCUT2D eigenvalue weighted by molar-refractivity contribution is 8.02. The van der Waals surface area contributed by atoms with Gasteiger partial charge in [-0.25, -0.2) is 0 Å². The molecule has 2 atom stereocenters. The number of amides is 1. The van der Waals surface area contributed by atoms with E-state index in [-0.39, 0.29) is 17.0 Å². The van der Waals surface area contributed by atoms with Crippen molar-refractivity contribution in [1.82, 2.24) is 4.90 Å². The van der Waals surface area contributed by atoms with E-state index in [1.54, 1.807) is 6.08 Å². The Morgan fingerprint density at radius 1 is 1.57 bits per heavy atom. The summed E-state index contributed by atoms with van der Waals surface area (Å²) in [5.74, 6) is -1.22. The van der Waals surface area contributed by atoms with Gasteiger partial charge in [0.15, 0.2) is 6.20 Å². The molecule has 3 heterocycles. The van der Waals surface area contributed by atoms with E-state index in [1.807, 2.05) is 41.4 Å². The van der Waals surface area contributed by atoms with Gasteiger partial charge in [0.25, 0.3) is 0 Å². The van der Waals surface area contributed by atoms with Crippen molar-refractivity contribution in [3.8, 4) is 0 Å². The molecule has 0 aliphatic carbocycles. The fourth-order valence-electron chi connectivity index (χ4n) is 2.47. The molecule has 2 N–H and O–H groups in total. The first-order valence-corrected chi connectivity index (χ1v) is 8.86. The van der Waals surface area contributed by atoms with Crippen LogP contribution in [0.2, 0.25) is 0 Å². The van der Waals surface area contributed by atoms with Crippen LogP contribution in [0, 0.1) is 0 Å². The van der Waals surface area contributed by atoms with E-state index in [4.69, 9.17) is 5.73 Å². The van der Waals surface area contributed by atoms with Gasteiger partial charge < -0.3 is 15.6 Å². The molecule has 0 aromatic carbocycles. The van der Waals surface area contributed by atoms with E-state index >= 15 is 0 Å². The monoisotopic (exact) mass is 349 g/mol. The Labute approximate surface area is 142 Å². The molecular weight excluding hydrogens is 334 g/mol. The maximum absolute atomic E-state index is 11.8. The van der Waals surface area contributed by atoms with Crippen LogP contribution in [0.15, 0.2) is 52.2 Å². The maximum Gasteiger partial charge on any atom is 0.248 e. The van der Waals surface area contributed by atoms with Gasteiger partial charge >= 0.3 is 0 Å². The zero-order valence-corrected chi connectivity index (χ0v) is 14.0. The number of nitrogens with zero attached hydrogens (tertiary/aromatic N) is 2. The number of carbonyl (C=O) groups excluding carboxylic acids is 2. The molecule has 2 aliphatic rings. The summed E-state index contributed by atoms with van der Waals surface area (Å²) >= 11 is 2.94. The van der Waals surface area contributed by atoms with E-state index in [1.165, 1.54) is 28.4 Å². The lowest BCUT2D eigenvalue weighted by Crippen LogP contribution is -2.69. The van der Waals surface area contributed by atoms with Crippen LogP contribution in [-0.4, -0.2) is 33.9 Å². The van der Waals surface area contributed by atoms with E-state index < -0.39 is 12.0 Å². The normalized spacial score (nSPS) is 23.9. The van der Waals surface area contributed by atoms with Crippen LogP contribution in [0.3, 0.4) is 0 Å². The van der Waals surface area contributed by atoms with Crippen molar-refractivity contribution in [2.75, 3.05) is 5.75 Å². The molecule has 0 radical (unpaired) electrons. The summed E-state index contributed by atoms with van der Waals surface area (Å²) in [6.45, 7) is 0. The molecule has 8 heteroatoms. The minimum absolute atomic E-state index is 0.0604. The van der Waals surface area contributed by atoms with Crippen LogP contribution in [0.5, 0.6) is 0 Å². The zero-order valence-electron chi connectivity index (χ0n) is 12.3. The number of aromatic nitrogens is 1. The van der Waals surface area contributed by atoms with Crippen molar-refractivity contribution in [3.05, 3.63) is 47.2 Å². The summed E-state index contributed by atoms with van der Waals surface area (Å²) in [5, 5.41) is 14.0. The van der Waals surface area contributed by atoms with Crippen LogP contribution >= 0.6 is 23.5 Å². The molecule has 2 aliphatic heterocycles. The minimum atomic E-state index is -1.34. The predicted octanol–water partition coefficient (Wildman–Crippen LogP) is -0.637. The van der Waals surface area contributed by atoms with Crippen LogP contribution in [0.4, 0.5) is 0 Å². The Morgan fingerprint density at radius 2 is 2.35 bits per heavy atom. The molecule has 23 heavy (non-hydrogen) atoms. The number of aryl methyl sites for hydroxylation is 1. The topological polar surface area (TPSA) is 90.3 Å². The predicted molar refractivity (Wildman–Crippen MR) is 85.7 cm³/mol. The van der Waals surface area contributed by atoms with Crippen molar-refractivity contribution in [2.24, 2.45) is 12.8 Å². The van der Waals surface area contributed by atoms with Gasteiger partial charge in [-0.2, -0.15) is 4.57 Å². The number of allylic oxidation sites excluding steroid dienone is 1. The number of thioether (sulfide) groups is 2. The Bertz CT molecular complexity index is 732. The number of nitrogens with two attached hydrogens (primary N) is 1. The van der Waals surface area contributed by atoms with Crippen molar-refractivity contribution < 1.29 is 19.3 Å². The highest BCUT2D eigenvalue weighted by Gasteiger charge is 2.49. The van der Waals surface area contributed by atoms with E-state index in [9.17, 15) is 14.7 Å². The SMILES string of the molecule is C[n+]1ccccc1SC=CC1=C(C(=O)[O-])N2C(=O)C(N)[C@H]2SC1. The molecule has 120 valence electrons. The third-order valence-corrected chi connectivity index (χ3v) is 5.96. The van der Waals surface area contributed by atoms with Gasteiger partial charge in [0, 0.05) is 17.9 Å². The van der Waals surface area contributed by atoms with Crippen molar-refractivity contribution in [2.45, 2.75) is 16.4 Å². The van der Waals surface area contributed by atoms with Gasteiger partial charge in [-0.3, -0.25) is 9.69 Å². The number of aliphatic carboxylic acids is 1. The fourth-order valence-corrected chi connectivity index (χ4v) is 4.49. The Kier molecular flexibility index (Phi) is 4.47. The van der Waals surface area contributed by atoms with Crippen LogP contribution in [-0.2, 0) is 16.6 Å². The van der Waals surface area contributed by atoms with E-state index in [2.05, 4.69) is 0 Å². The summed E-state index contributed by atoms with van der Waals surface area (Å²) in [6.07, 6.45) is 3.66. The lowest BCUT2D eigenvalue weighted by Gasteiger charge is -2.49. The van der Waals surface area contributed by atoms with Gasteiger partial charge in [0.05, 0.1) is 11.7 Å². The molecule has 1 amide bonds. The molecule has 1 unspecified atom stereocenters. The fraction of sp³-hybridized carbons (Fsp3) is 0.267. The van der Waals surface area contributed by atoms with Gasteiger partial charge in [0.1, 0.15) is 18.5 Å². The lowest BCUT2D eigenvalue weighted by molar-refractivity contribution is -0.708. The number of fused-ring (bicyclic) bond motifs is 1. The first-order chi connectivity index (χ1) is 11.0. The lowest BCUT2D eigenvalue weighted by atomic mass is 10.0. The Balaban J connectivity index is 1.82. The van der Waals surface area contributed by atoms with Crippen LogP contribution in [0.1, 0.15) is 0 Å². The Hall–Kier alpha value is -1.77. The quantitative estimate of drug-likeness (QED) is 0.442. The number of carbonyl (C=O) groups is 2. The van der Waals surface area contributed by atoms with E-state index in [0.717, 1.165) is 5.03 Å². The largest absolute Gasteiger partial charge is 0.543 e. The summed E-state index contributed by atoms with van der Waals surface area (Å²) in [5.41, 5.74) is 6.21. The second-order valence-electron chi connectivity index (χ2n) is 5.17. The molecule has 1 saturated heterocycles. The summed E-state index contributed by atoms with van der Waals surface area (Å²) < 4.78 is 1.96. The van der Waals surface area contributed by atoms with Crippen LogP contribution < -0.4 is 15.4 Å². The zero-order chi connectivity index (χ0) is 16.6. The molecule has 0 saturated carbocycles. The second kappa shape index (κ2) is 6.38. The van der Waals surface area contributed by atoms with Gasteiger partial charge in [-0.15, -0.1) is 11.8 Å². The molecular formula is C15H15N3O3S2. The Morgan fingerprint density at radius 3 is 3.04 bits per heavy atom. The number of hydrogen-bond donors (Lipinski definition) is 1. The number of pyridine rings is 1. The smallest absolute Gasteiger partial charge is 0.248 e. The van der Waals surface area contributed by atoms with E-state index in [0.29, 0.717) is 11.3 Å². The second-order valence-corrected chi connectivity index (χ2v) is 7.20. The number of rotatable bonds is 4. The molecule has 0 bridgehead atoms. The van der Waals surface area contributed by atoms with Crippen LogP contribution in [0.25, 0.3) is 0 Å².